The topological polar surface area (TPSA) is 73.9 Å². The lowest BCUT2D eigenvalue weighted by molar-refractivity contribution is -0.142. The van der Waals surface area contributed by atoms with Crippen molar-refractivity contribution in [3.8, 4) is 29.0 Å². The molecule has 1 atom stereocenters. The predicted octanol–water partition coefficient (Wildman–Crippen LogP) is 10.7. The predicted molar refractivity (Wildman–Crippen MR) is 167 cm³/mol. The van der Waals surface area contributed by atoms with Gasteiger partial charge in [-0.2, -0.15) is 10.5 Å². The highest BCUT2D eigenvalue weighted by Gasteiger charge is 2.36. The first-order chi connectivity index (χ1) is 19.9. The third kappa shape index (κ3) is 9.46. The van der Waals surface area contributed by atoms with E-state index in [0.717, 1.165) is 49.7 Å². The van der Waals surface area contributed by atoms with Crippen molar-refractivity contribution in [1.82, 2.24) is 0 Å². The van der Waals surface area contributed by atoms with E-state index in [1.54, 1.807) is 19.1 Å². The average Bonchev–Trinajstić information content (AvgIpc) is 3.01. The van der Waals surface area contributed by atoms with Gasteiger partial charge in [-0.3, -0.25) is 0 Å². The summed E-state index contributed by atoms with van der Waals surface area (Å²) >= 11 is 0. The van der Waals surface area contributed by atoms with Crippen molar-refractivity contribution >= 4 is 5.97 Å². The average molecular weight is 555 g/mol. The van der Waals surface area contributed by atoms with Gasteiger partial charge < -0.3 is 4.74 Å². The molecule has 1 saturated carbocycles. The van der Waals surface area contributed by atoms with E-state index in [0.29, 0.717) is 18.1 Å². The number of hydrogen-bond acceptors (Lipinski definition) is 4. The summed E-state index contributed by atoms with van der Waals surface area (Å²) in [5, 5.41) is 19.5. The molecule has 0 radical (unpaired) electrons. The zero-order valence-corrected chi connectivity index (χ0v) is 25.7. The standard InChI is InChI=1S/C37H50N2O2/c1-4-6-7-8-9-10-11-12-13-25-37(29-39)26-22-33(23-27-37)31-16-14-30(15-17-31)32-18-20-34(21-19-32)41-35(40)36(3,28-38)24-5-2/h14-21,33H,4-13,22-27H2,1-3H3. The summed E-state index contributed by atoms with van der Waals surface area (Å²) in [6.07, 6.45) is 18.4. The lowest BCUT2D eigenvalue weighted by atomic mass is 9.67. The van der Waals surface area contributed by atoms with Crippen LogP contribution in [0.3, 0.4) is 0 Å². The highest BCUT2D eigenvalue weighted by molar-refractivity contribution is 5.81. The third-order valence-electron chi connectivity index (χ3n) is 9.17. The first-order valence-corrected chi connectivity index (χ1v) is 16.1. The lowest BCUT2D eigenvalue weighted by Gasteiger charge is -2.35. The smallest absolute Gasteiger partial charge is 0.331 e. The Morgan fingerprint density at radius 2 is 1.37 bits per heavy atom. The van der Waals surface area contributed by atoms with Crippen LogP contribution in [-0.4, -0.2) is 5.97 Å². The van der Waals surface area contributed by atoms with Gasteiger partial charge in [0, 0.05) is 0 Å². The monoisotopic (exact) mass is 554 g/mol. The first-order valence-electron chi connectivity index (χ1n) is 16.1. The highest BCUT2D eigenvalue weighted by atomic mass is 16.5. The van der Waals surface area contributed by atoms with Gasteiger partial charge in [-0.1, -0.05) is 114 Å². The number of carbonyl (C=O) groups excluding carboxylic acids is 1. The van der Waals surface area contributed by atoms with E-state index in [1.807, 2.05) is 19.1 Å². The fraction of sp³-hybridized carbons (Fsp3) is 0.595. The van der Waals surface area contributed by atoms with E-state index in [4.69, 9.17) is 4.74 Å². The molecule has 0 bridgehead atoms. The second kappa shape index (κ2) is 16.4. The van der Waals surface area contributed by atoms with Crippen molar-refractivity contribution in [3.63, 3.8) is 0 Å². The molecule has 41 heavy (non-hydrogen) atoms. The summed E-state index contributed by atoms with van der Waals surface area (Å²) < 4.78 is 5.51. The Balaban J connectivity index is 1.46. The van der Waals surface area contributed by atoms with Gasteiger partial charge in [0.2, 0.25) is 0 Å². The Labute approximate surface area is 249 Å². The molecule has 220 valence electrons. The van der Waals surface area contributed by atoms with Crippen LogP contribution in [0.5, 0.6) is 5.75 Å². The normalized spacial score (nSPS) is 20.0. The molecule has 0 saturated heterocycles. The van der Waals surface area contributed by atoms with Gasteiger partial charge in [0.25, 0.3) is 0 Å². The molecule has 1 aliphatic carbocycles. The van der Waals surface area contributed by atoms with Gasteiger partial charge >= 0.3 is 5.97 Å². The second-order valence-corrected chi connectivity index (χ2v) is 12.5. The summed E-state index contributed by atoms with van der Waals surface area (Å²) in [5.74, 6) is 0.478. The van der Waals surface area contributed by atoms with Gasteiger partial charge in [0.15, 0.2) is 5.41 Å². The molecular weight excluding hydrogens is 504 g/mol. The van der Waals surface area contributed by atoms with E-state index in [1.165, 1.54) is 63.4 Å². The Morgan fingerprint density at radius 1 is 0.829 bits per heavy atom. The number of nitriles is 2. The number of benzene rings is 2. The van der Waals surface area contributed by atoms with Crippen LogP contribution in [0.2, 0.25) is 0 Å². The molecule has 0 N–H and O–H groups in total. The summed E-state index contributed by atoms with van der Waals surface area (Å²) in [7, 11) is 0. The van der Waals surface area contributed by atoms with Gasteiger partial charge in [-0.25, -0.2) is 4.79 Å². The van der Waals surface area contributed by atoms with Crippen LogP contribution >= 0.6 is 0 Å². The molecule has 2 aromatic carbocycles. The van der Waals surface area contributed by atoms with Gasteiger partial charge in [0.1, 0.15) is 5.75 Å². The highest BCUT2D eigenvalue weighted by Crippen LogP contribution is 2.46. The molecular formula is C37H50N2O2. The van der Waals surface area contributed by atoms with Crippen LogP contribution < -0.4 is 4.74 Å². The van der Waals surface area contributed by atoms with E-state index in [-0.39, 0.29) is 5.41 Å². The summed E-state index contributed by atoms with van der Waals surface area (Å²) in [6.45, 7) is 5.86. The number of hydrogen-bond donors (Lipinski definition) is 0. The Hall–Kier alpha value is -3.11. The number of rotatable bonds is 16. The minimum atomic E-state index is -1.12. The van der Waals surface area contributed by atoms with Crippen LogP contribution in [0, 0.1) is 33.5 Å². The third-order valence-corrected chi connectivity index (χ3v) is 9.17. The van der Waals surface area contributed by atoms with E-state index in [9.17, 15) is 15.3 Å². The zero-order chi connectivity index (χ0) is 29.6. The van der Waals surface area contributed by atoms with Crippen molar-refractivity contribution in [2.75, 3.05) is 0 Å². The molecule has 4 nitrogen and oxygen atoms in total. The molecule has 0 aromatic heterocycles. The molecule has 1 fully saturated rings. The fourth-order valence-corrected chi connectivity index (χ4v) is 6.28. The van der Waals surface area contributed by atoms with E-state index < -0.39 is 11.4 Å². The SMILES string of the molecule is CCCCCCCCCCCC1(C#N)CCC(c2ccc(-c3ccc(OC(=O)C(C)(C#N)CCC)cc3)cc2)CC1. The molecule has 4 heteroatoms. The molecule has 0 amide bonds. The minimum Gasteiger partial charge on any atom is -0.425 e. The Morgan fingerprint density at radius 3 is 1.88 bits per heavy atom. The maximum atomic E-state index is 12.5. The second-order valence-electron chi connectivity index (χ2n) is 12.5. The van der Waals surface area contributed by atoms with Crippen LogP contribution in [0.4, 0.5) is 0 Å². The van der Waals surface area contributed by atoms with Gasteiger partial charge in [-0.05, 0) is 80.2 Å². The fourth-order valence-electron chi connectivity index (χ4n) is 6.28. The number of nitrogens with zero attached hydrogens (tertiary/aromatic N) is 2. The first kappa shape index (κ1) is 32.4. The minimum absolute atomic E-state index is 0.121. The van der Waals surface area contributed by atoms with E-state index in [2.05, 4.69) is 43.3 Å². The van der Waals surface area contributed by atoms with Crippen molar-refractivity contribution in [3.05, 3.63) is 54.1 Å². The van der Waals surface area contributed by atoms with Crippen molar-refractivity contribution in [2.45, 2.75) is 129 Å². The Kier molecular flexibility index (Phi) is 12.9. The summed E-state index contributed by atoms with van der Waals surface area (Å²) in [5.41, 5.74) is 2.29. The number of unbranched alkanes of at least 4 members (excludes halogenated alkanes) is 8. The molecule has 0 heterocycles. The van der Waals surface area contributed by atoms with Crippen LogP contribution in [-0.2, 0) is 4.79 Å². The Bertz CT molecular complexity index is 1150. The molecule has 2 aromatic rings. The van der Waals surface area contributed by atoms with Crippen molar-refractivity contribution in [2.24, 2.45) is 10.8 Å². The van der Waals surface area contributed by atoms with Gasteiger partial charge in [0.05, 0.1) is 17.6 Å². The van der Waals surface area contributed by atoms with Crippen molar-refractivity contribution in [1.29, 1.82) is 10.5 Å². The van der Waals surface area contributed by atoms with Gasteiger partial charge in [-0.15, -0.1) is 0 Å². The van der Waals surface area contributed by atoms with Crippen molar-refractivity contribution < 1.29 is 9.53 Å². The molecule has 1 unspecified atom stereocenters. The lowest BCUT2D eigenvalue weighted by Crippen LogP contribution is -2.30. The summed E-state index contributed by atoms with van der Waals surface area (Å²) in [4.78, 5) is 12.5. The molecule has 0 aliphatic heterocycles. The summed E-state index contributed by atoms with van der Waals surface area (Å²) in [6, 6.07) is 21.1. The molecule has 1 aliphatic rings. The van der Waals surface area contributed by atoms with Crippen LogP contribution in [0.1, 0.15) is 135 Å². The maximum Gasteiger partial charge on any atom is 0.331 e. The van der Waals surface area contributed by atoms with E-state index >= 15 is 0 Å². The number of esters is 1. The largest absolute Gasteiger partial charge is 0.425 e. The molecule has 3 rings (SSSR count). The quantitative estimate of drug-likeness (QED) is 0.117. The zero-order valence-electron chi connectivity index (χ0n) is 25.7. The van der Waals surface area contributed by atoms with Crippen LogP contribution in [0.15, 0.2) is 48.5 Å². The number of carbonyl (C=O) groups is 1. The number of ether oxygens (including phenoxy) is 1. The molecule has 0 spiro atoms. The maximum absolute atomic E-state index is 12.5. The van der Waals surface area contributed by atoms with Crippen LogP contribution in [0.25, 0.3) is 11.1 Å².